The number of nitrogens with zero attached hydrogens (tertiary/aromatic N) is 2. The van der Waals surface area contributed by atoms with Crippen LogP contribution in [-0.2, 0) is 32.6 Å². The predicted octanol–water partition coefficient (Wildman–Crippen LogP) is 23.8. The van der Waals surface area contributed by atoms with Crippen LogP contribution in [0.4, 0.5) is 0 Å². The van der Waals surface area contributed by atoms with Gasteiger partial charge in [0.2, 0.25) is 0 Å². The maximum Gasteiger partial charge on any atom is 0.640 e. The normalized spacial score (nSPS) is 17.9. The Balaban J connectivity index is 0.000000232. The van der Waals surface area contributed by atoms with Gasteiger partial charge in [0.05, 0.1) is 33.6 Å². The fraction of sp³-hybridized carbons (Fsp3) is 0.696. The van der Waals surface area contributed by atoms with E-state index in [2.05, 4.69) is 197 Å². The Morgan fingerprint density at radius 3 is 0.871 bits per heavy atom. The molecule has 9 rings (SSSR count). The average molecular weight is 1410 g/mol. The molecule has 0 bridgehead atoms. The molecule has 0 atom stereocenters. The van der Waals surface area contributed by atoms with Crippen molar-refractivity contribution >= 4 is 108 Å². The van der Waals surface area contributed by atoms with Crippen molar-refractivity contribution in [3.63, 3.8) is 0 Å². The highest BCUT2D eigenvalue weighted by atomic mass is 79.9. The summed E-state index contributed by atoms with van der Waals surface area (Å²) >= 11 is 7.41. The highest BCUT2D eigenvalue weighted by molar-refractivity contribution is 9.10. The summed E-state index contributed by atoms with van der Waals surface area (Å²) in [6.45, 7) is 38.2. The number of hydrogen-bond acceptors (Lipinski definition) is 7. The molecule has 0 radical (unpaired) electrons. The minimum atomic E-state index is -0.523. The van der Waals surface area contributed by atoms with Crippen LogP contribution in [0, 0.1) is 0 Å². The Bertz CT molecular complexity index is 3010. The number of hydrogen-bond donors (Lipinski definition) is 0. The summed E-state index contributed by atoms with van der Waals surface area (Å²) in [7, 11) is -1.32. The standard InChI is InChI=1S/C41H65B2NO4.C29H41Br2N.C9H19BO3/c1-11-13-15-17-19-21-23-33(24-22-20-18-16-14-12-2)44-36-27-25-31(42-45-38(3,4)39(5,6)46-42)29-34(36)35-30-32(26-28-37(35)44)43-47-40(7,8)41(9,10)48-43;1-3-5-7-9-11-13-15-25(16-14-12-10-8-6-4-2)32-28-19-17-23(30)21-26(28)27-22-24(31)18-20-29(27)32;1-7(2)11-10-12-8(3,4)9(5,6)13-10/h25-30,33H,11-24H2,1-10H3;17-22,25H,3-16H2,1-2H3;7H,1-6H3. The molecule has 9 nitrogen and oxygen atoms in total. The molecule has 0 saturated carbocycles. The highest BCUT2D eigenvalue weighted by Crippen LogP contribution is 2.43. The van der Waals surface area contributed by atoms with E-state index in [-0.39, 0.29) is 39.7 Å². The van der Waals surface area contributed by atoms with Gasteiger partial charge in [-0.25, -0.2) is 0 Å². The first kappa shape index (κ1) is 77.7. The van der Waals surface area contributed by atoms with Gasteiger partial charge in [-0.2, -0.15) is 0 Å². The van der Waals surface area contributed by atoms with Gasteiger partial charge < -0.3 is 41.7 Å². The zero-order valence-electron chi connectivity index (χ0n) is 61.7. The van der Waals surface area contributed by atoms with Crippen LogP contribution in [0.3, 0.4) is 0 Å². The second-order valence-electron chi connectivity index (χ2n) is 31.1. The minimum Gasteiger partial charge on any atom is -0.399 e. The summed E-state index contributed by atoms with van der Waals surface area (Å²) in [4.78, 5) is 0. The van der Waals surface area contributed by atoms with Crippen LogP contribution in [-0.4, -0.2) is 70.4 Å². The van der Waals surface area contributed by atoms with Gasteiger partial charge in [0.15, 0.2) is 0 Å². The zero-order chi connectivity index (χ0) is 67.8. The molecule has 3 aliphatic rings. The van der Waals surface area contributed by atoms with Crippen LogP contribution in [0.1, 0.15) is 316 Å². The lowest BCUT2D eigenvalue weighted by molar-refractivity contribution is 0.00578. The molecule has 6 aromatic rings. The van der Waals surface area contributed by atoms with Gasteiger partial charge in [-0.05, 0) is 182 Å². The molecule has 3 saturated heterocycles. The SMILES string of the molecule is CC(C)OB1OC(C)(C)C(C)(C)O1.CCCCCCCCC(CCCCCCCC)n1c2ccc(B3OC(C)(C)C(C)(C)O3)cc2c2cc(B3OC(C)(C)C(C)(C)O3)ccc21.CCCCCCCCC(CCCCCCCC)n1c2ccc(Br)cc2c2cc(Br)ccc21. The number of fused-ring (bicyclic) bond motifs is 6. The number of halogens is 2. The third kappa shape index (κ3) is 20.5. The van der Waals surface area contributed by atoms with E-state index in [1.165, 1.54) is 223 Å². The number of benzene rings is 4. The van der Waals surface area contributed by atoms with Crippen LogP contribution < -0.4 is 10.9 Å². The van der Waals surface area contributed by atoms with Gasteiger partial charge in [-0.1, -0.05) is 238 Å². The Hall–Kier alpha value is -2.65. The van der Waals surface area contributed by atoms with Crippen molar-refractivity contribution in [3.05, 3.63) is 81.7 Å². The second kappa shape index (κ2) is 35.4. The lowest BCUT2D eigenvalue weighted by Gasteiger charge is -2.32. The van der Waals surface area contributed by atoms with Gasteiger partial charge >= 0.3 is 21.6 Å². The molecule has 4 aromatic carbocycles. The molecule has 0 aliphatic carbocycles. The average Bonchev–Trinajstić information content (AvgIpc) is 1.59. The Kier molecular flexibility index (Phi) is 29.6. The summed E-state index contributed by atoms with van der Waals surface area (Å²) in [6.07, 6.45) is 37.5. The molecule has 516 valence electrons. The first-order chi connectivity index (χ1) is 44.1. The molecule has 3 aliphatic heterocycles. The molecule has 3 fully saturated rings. The fourth-order valence-corrected chi connectivity index (χ4v) is 14.4. The largest absolute Gasteiger partial charge is 0.640 e. The summed E-state index contributed by atoms with van der Waals surface area (Å²) in [5, 5.41) is 5.25. The topological polar surface area (TPSA) is 74.5 Å². The Morgan fingerprint density at radius 1 is 0.344 bits per heavy atom. The Morgan fingerprint density at radius 2 is 0.591 bits per heavy atom. The van der Waals surface area contributed by atoms with Gasteiger partial charge in [0, 0.05) is 70.7 Å². The van der Waals surface area contributed by atoms with Crippen molar-refractivity contribution in [2.24, 2.45) is 0 Å². The second-order valence-corrected chi connectivity index (χ2v) is 32.9. The predicted molar refractivity (Wildman–Crippen MR) is 408 cm³/mol. The van der Waals surface area contributed by atoms with E-state index in [0.717, 1.165) is 19.9 Å². The van der Waals surface area contributed by atoms with E-state index in [1.807, 2.05) is 41.5 Å². The summed E-state index contributed by atoms with van der Waals surface area (Å²) < 4.78 is 50.5. The summed E-state index contributed by atoms with van der Waals surface area (Å²) in [6, 6.07) is 28.5. The number of aromatic nitrogens is 2. The smallest absolute Gasteiger partial charge is 0.399 e. The summed E-state index contributed by atoms with van der Waals surface area (Å²) in [5.74, 6) is 0. The molecule has 0 spiro atoms. The van der Waals surface area contributed by atoms with E-state index in [9.17, 15) is 0 Å². The van der Waals surface area contributed by atoms with Gasteiger partial charge in [-0.15, -0.1) is 0 Å². The van der Waals surface area contributed by atoms with Gasteiger partial charge in [0.1, 0.15) is 0 Å². The molecule has 93 heavy (non-hydrogen) atoms. The molecule has 0 unspecified atom stereocenters. The van der Waals surface area contributed by atoms with Crippen LogP contribution in [0.25, 0.3) is 43.6 Å². The van der Waals surface area contributed by atoms with Gasteiger partial charge in [0.25, 0.3) is 0 Å². The van der Waals surface area contributed by atoms with Crippen molar-refractivity contribution in [2.75, 3.05) is 0 Å². The van der Waals surface area contributed by atoms with Crippen LogP contribution in [0.5, 0.6) is 0 Å². The molecule has 2 aromatic heterocycles. The molecule has 5 heterocycles. The minimum absolute atomic E-state index is 0.120. The zero-order valence-corrected chi connectivity index (χ0v) is 64.9. The van der Waals surface area contributed by atoms with Gasteiger partial charge in [-0.3, -0.25) is 0 Å². The first-order valence-electron chi connectivity index (χ1n) is 37.3. The van der Waals surface area contributed by atoms with Crippen molar-refractivity contribution in [1.82, 2.24) is 9.13 Å². The quantitative estimate of drug-likeness (QED) is 0.0294. The maximum absolute atomic E-state index is 6.53. The molecular weight excluding hydrogens is 1280 g/mol. The number of rotatable bonds is 34. The monoisotopic (exact) mass is 1400 g/mol. The molecular formula is C79H125B3Br2N2O7. The van der Waals surface area contributed by atoms with Crippen LogP contribution in [0.15, 0.2) is 81.7 Å². The van der Waals surface area contributed by atoms with E-state index in [1.54, 1.807) is 0 Å². The molecule has 0 amide bonds. The fourth-order valence-electron chi connectivity index (χ4n) is 13.6. The number of unbranched alkanes of at least 4 members (excludes halogenated alkanes) is 20. The van der Waals surface area contributed by atoms with Crippen molar-refractivity contribution in [1.29, 1.82) is 0 Å². The van der Waals surface area contributed by atoms with E-state index < -0.39 is 21.6 Å². The molecule has 0 N–H and O–H groups in total. The highest BCUT2D eigenvalue weighted by Gasteiger charge is 2.54. The third-order valence-corrected chi connectivity index (χ3v) is 22.5. The van der Waals surface area contributed by atoms with E-state index in [4.69, 9.17) is 32.6 Å². The lowest BCUT2D eigenvalue weighted by Crippen LogP contribution is -2.41. The van der Waals surface area contributed by atoms with E-state index in [0.29, 0.717) is 12.1 Å². The maximum atomic E-state index is 6.53. The lowest BCUT2D eigenvalue weighted by atomic mass is 9.77. The van der Waals surface area contributed by atoms with Crippen molar-refractivity contribution in [2.45, 2.75) is 356 Å². The van der Waals surface area contributed by atoms with Crippen LogP contribution in [0.2, 0.25) is 0 Å². The van der Waals surface area contributed by atoms with E-state index >= 15 is 0 Å². The van der Waals surface area contributed by atoms with Crippen molar-refractivity contribution in [3.8, 4) is 0 Å². The summed E-state index contributed by atoms with van der Waals surface area (Å²) in [5.41, 5.74) is 5.40. The third-order valence-electron chi connectivity index (χ3n) is 21.5. The molecule has 14 heteroatoms. The van der Waals surface area contributed by atoms with Crippen LogP contribution >= 0.6 is 31.9 Å². The van der Waals surface area contributed by atoms with Crippen molar-refractivity contribution < 1.29 is 32.6 Å². The first-order valence-corrected chi connectivity index (χ1v) is 38.9. The Labute approximate surface area is 583 Å².